The molecule has 10 nitrogen and oxygen atoms in total. The Morgan fingerprint density at radius 2 is 1.92 bits per heavy atom. The number of amides is 1. The van der Waals surface area contributed by atoms with E-state index in [1.54, 1.807) is 42.9 Å². The van der Waals surface area contributed by atoms with Crippen LogP contribution >= 0.6 is 0 Å². The molecule has 0 saturated heterocycles. The monoisotopic (exact) mass is 504 g/mol. The van der Waals surface area contributed by atoms with E-state index >= 15 is 0 Å². The van der Waals surface area contributed by atoms with Gasteiger partial charge in [-0.3, -0.25) is 9.48 Å². The molecule has 0 bridgehead atoms. The molecule has 1 atom stereocenters. The summed E-state index contributed by atoms with van der Waals surface area (Å²) in [6.45, 7) is 6.82. The molecule has 0 saturated carbocycles. The lowest BCUT2D eigenvalue weighted by Crippen LogP contribution is -2.44. The van der Waals surface area contributed by atoms with Gasteiger partial charge in [0.05, 0.1) is 24.1 Å². The van der Waals surface area contributed by atoms with Crippen LogP contribution in [-0.2, 0) is 29.7 Å². The first kappa shape index (κ1) is 25.4. The van der Waals surface area contributed by atoms with Gasteiger partial charge in [-0.1, -0.05) is 6.07 Å². The molecular formula is C23H27F3N8O2. The second-order valence-corrected chi connectivity index (χ2v) is 9.27. The SMILES string of the molecule is Cc1nc(NCc2cnn(Cc3ccc(C(F)(F)F)nc3C(C)(C)O)c2)nc2c1NC(=O)[C@H](C)N2C. The van der Waals surface area contributed by atoms with Crippen molar-refractivity contribution in [1.82, 2.24) is 24.7 Å². The maximum atomic E-state index is 13.1. The van der Waals surface area contributed by atoms with Crippen LogP contribution in [0.1, 0.15) is 49.0 Å². The van der Waals surface area contributed by atoms with E-state index in [2.05, 4.69) is 30.7 Å². The number of rotatable bonds is 6. The number of anilines is 3. The minimum Gasteiger partial charge on any atom is -0.384 e. The number of hydrogen-bond acceptors (Lipinski definition) is 8. The highest BCUT2D eigenvalue weighted by molar-refractivity contribution is 6.03. The van der Waals surface area contributed by atoms with E-state index in [1.165, 1.54) is 19.9 Å². The summed E-state index contributed by atoms with van der Waals surface area (Å²) < 4.78 is 40.9. The Hall–Kier alpha value is -3.74. The van der Waals surface area contributed by atoms with Crippen LogP contribution < -0.4 is 15.5 Å². The van der Waals surface area contributed by atoms with E-state index in [1.807, 2.05) is 0 Å². The number of alkyl halides is 3. The van der Waals surface area contributed by atoms with Crippen molar-refractivity contribution in [2.24, 2.45) is 0 Å². The third kappa shape index (κ3) is 5.10. The van der Waals surface area contributed by atoms with Gasteiger partial charge in [-0.25, -0.2) is 9.97 Å². The second kappa shape index (κ2) is 9.04. The summed E-state index contributed by atoms with van der Waals surface area (Å²) in [5.41, 5.74) is -0.282. The van der Waals surface area contributed by atoms with Gasteiger partial charge in [0.15, 0.2) is 5.82 Å². The molecular weight excluding hydrogens is 477 g/mol. The highest BCUT2D eigenvalue weighted by atomic mass is 19.4. The van der Waals surface area contributed by atoms with Crippen LogP contribution in [-0.4, -0.2) is 48.8 Å². The number of pyridine rings is 1. The fraction of sp³-hybridized carbons (Fsp3) is 0.435. The number of carbonyl (C=O) groups is 1. The van der Waals surface area contributed by atoms with E-state index in [0.29, 0.717) is 35.3 Å². The Kier molecular flexibility index (Phi) is 6.37. The fourth-order valence-corrected chi connectivity index (χ4v) is 3.87. The average molecular weight is 505 g/mol. The highest BCUT2D eigenvalue weighted by Gasteiger charge is 2.35. The normalized spacial score (nSPS) is 16.1. The topological polar surface area (TPSA) is 121 Å². The summed E-state index contributed by atoms with van der Waals surface area (Å²) in [5.74, 6) is 0.869. The Morgan fingerprint density at radius 1 is 1.19 bits per heavy atom. The minimum atomic E-state index is -4.61. The molecule has 4 rings (SSSR count). The van der Waals surface area contributed by atoms with E-state index in [0.717, 1.165) is 11.6 Å². The maximum Gasteiger partial charge on any atom is 0.433 e. The molecule has 0 spiro atoms. The average Bonchev–Trinajstić information content (AvgIpc) is 3.23. The van der Waals surface area contributed by atoms with Gasteiger partial charge in [0.2, 0.25) is 11.9 Å². The van der Waals surface area contributed by atoms with Crippen molar-refractivity contribution in [3.63, 3.8) is 0 Å². The summed E-state index contributed by atoms with van der Waals surface area (Å²) in [4.78, 5) is 26.5. The minimum absolute atomic E-state index is 0.0594. The Bertz CT molecular complexity index is 1300. The van der Waals surface area contributed by atoms with Crippen LogP contribution in [0.2, 0.25) is 0 Å². The fourth-order valence-electron chi connectivity index (χ4n) is 3.87. The lowest BCUT2D eigenvalue weighted by Gasteiger charge is -2.32. The van der Waals surface area contributed by atoms with Gasteiger partial charge < -0.3 is 20.6 Å². The lowest BCUT2D eigenvalue weighted by molar-refractivity contribution is -0.141. The molecule has 3 aromatic rings. The number of aryl methyl sites for hydroxylation is 1. The number of aromatic nitrogens is 5. The molecule has 0 aliphatic carbocycles. The number of likely N-dealkylation sites (N-methyl/N-ethyl adjacent to an activating group) is 1. The summed E-state index contributed by atoms with van der Waals surface area (Å²) in [5, 5.41) is 20.7. The third-order valence-electron chi connectivity index (χ3n) is 5.93. The quantitative estimate of drug-likeness (QED) is 0.469. The first-order valence-corrected chi connectivity index (χ1v) is 11.2. The molecule has 1 aliphatic heterocycles. The molecule has 36 heavy (non-hydrogen) atoms. The van der Waals surface area contributed by atoms with Crippen LogP contribution in [0.25, 0.3) is 0 Å². The van der Waals surface area contributed by atoms with Crippen molar-refractivity contribution in [3.05, 3.63) is 52.7 Å². The number of aliphatic hydroxyl groups is 1. The van der Waals surface area contributed by atoms with Crippen LogP contribution in [0, 0.1) is 6.92 Å². The zero-order chi connectivity index (χ0) is 26.4. The van der Waals surface area contributed by atoms with Crippen LogP contribution in [0.3, 0.4) is 0 Å². The summed E-state index contributed by atoms with van der Waals surface area (Å²) in [6.07, 6.45) is -1.26. The first-order valence-electron chi connectivity index (χ1n) is 11.2. The first-order chi connectivity index (χ1) is 16.7. The van der Waals surface area contributed by atoms with Crippen molar-refractivity contribution in [2.75, 3.05) is 22.6 Å². The van der Waals surface area contributed by atoms with E-state index in [9.17, 15) is 23.1 Å². The Labute approximate surface area is 205 Å². The van der Waals surface area contributed by atoms with Gasteiger partial charge in [0, 0.05) is 25.4 Å². The van der Waals surface area contributed by atoms with Crippen LogP contribution in [0.5, 0.6) is 0 Å². The second-order valence-electron chi connectivity index (χ2n) is 9.27. The van der Waals surface area contributed by atoms with Gasteiger partial charge in [0.1, 0.15) is 23.0 Å². The van der Waals surface area contributed by atoms with Crippen molar-refractivity contribution >= 4 is 23.4 Å². The number of hydrogen-bond donors (Lipinski definition) is 3. The zero-order valence-electron chi connectivity index (χ0n) is 20.5. The molecule has 0 fully saturated rings. The van der Waals surface area contributed by atoms with Crippen molar-refractivity contribution in [2.45, 2.75) is 58.6 Å². The highest BCUT2D eigenvalue weighted by Crippen LogP contribution is 2.33. The van der Waals surface area contributed by atoms with Crippen molar-refractivity contribution in [3.8, 4) is 0 Å². The number of nitrogens with one attached hydrogen (secondary N) is 2. The molecule has 3 N–H and O–H groups in total. The molecule has 0 radical (unpaired) electrons. The standard InChI is InChI=1S/C23H27F3N8O2/c1-12-17-19(33(5)13(2)20(35)31-17)32-21(29-12)27-8-14-9-28-34(10-14)11-15-6-7-16(23(24,25)26)30-18(15)22(3,4)36/h6-7,9-10,13,36H,8,11H2,1-5H3,(H,31,35)(H,27,29,32)/t13-/m0/s1. The van der Waals surface area contributed by atoms with E-state index in [4.69, 9.17) is 0 Å². The number of halogens is 3. The third-order valence-corrected chi connectivity index (χ3v) is 5.93. The molecule has 192 valence electrons. The van der Waals surface area contributed by atoms with E-state index in [-0.39, 0.29) is 24.2 Å². The van der Waals surface area contributed by atoms with Gasteiger partial charge in [-0.05, 0) is 39.3 Å². The molecule has 0 aromatic carbocycles. The predicted molar refractivity (Wildman–Crippen MR) is 126 cm³/mol. The largest absolute Gasteiger partial charge is 0.433 e. The molecule has 1 aliphatic rings. The summed E-state index contributed by atoms with van der Waals surface area (Å²) in [6, 6.07) is 1.83. The van der Waals surface area contributed by atoms with Gasteiger partial charge in [-0.15, -0.1) is 0 Å². The smallest absolute Gasteiger partial charge is 0.384 e. The lowest BCUT2D eigenvalue weighted by atomic mass is 9.98. The summed E-state index contributed by atoms with van der Waals surface area (Å²) in [7, 11) is 1.79. The number of carbonyl (C=O) groups excluding carboxylic acids is 1. The Balaban J connectivity index is 1.50. The Morgan fingerprint density at radius 3 is 2.58 bits per heavy atom. The van der Waals surface area contributed by atoms with Crippen molar-refractivity contribution < 1.29 is 23.1 Å². The van der Waals surface area contributed by atoms with Gasteiger partial charge in [-0.2, -0.15) is 23.3 Å². The zero-order valence-corrected chi connectivity index (χ0v) is 20.5. The molecule has 0 unspecified atom stereocenters. The van der Waals surface area contributed by atoms with Gasteiger partial charge in [0.25, 0.3) is 0 Å². The molecule has 1 amide bonds. The number of nitrogens with zero attached hydrogens (tertiary/aromatic N) is 6. The molecule has 3 aromatic heterocycles. The van der Waals surface area contributed by atoms with Crippen molar-refractivity contribution in [1.29, 1.82) is 0 Å². The van der Waals surface area contributed by atoms with Crippen LogP contribution in [0.4, 0.5) is 30.6 Å². The van der Waals surface area contributed by atoms with Gasteiger partial charge >= 0.3 is 6.18 Å². The predicted octanol–water partition coefficient (Wildman–Crippen LogP) is 3.06. The molecule has 13 heteroatoms. The number of fused-ring (bicyclic) bond motifs is 1. The summed E-state index contributed by atoms with van der Waals surface area (Å²) >= 11 is 0. The van der Waals surface area contributed by atoms with E-state index < -0.39 is 17.5 Å². The maximum absolute atomic E-state index is 13.1. The molecule has 4 heterocycles. The van der Waals surface area contributed by atoms with Crippen LogP contribution in [0.15, 0.2) is 24.5 Å².